The van der Waals surface area contributed by atoms with Gasteiger partial charge in [-0.05, 0) is 54.8 Å². The maximum Gasteiger partial charge on any atom is 0.179 e. The number of halogens is 1. The van der Waals surface area contributed by atoms with Crippen LogP contribution in [0.4, 0.5) is 0 Å². The maximum absolute atomic E-state index is 13.8. The normalized spacial score (nSPS) is 23.6. The van der Waals surface area contributed by atoms with Crippen LogP contribution in [0.25, 0.3) is 0 Å². The van der Waals surface area contributed by atoms with Gasteiger partial charge < -0.3 is 10.2 Å². The number of carbonyl (C=O) groups excluding carboxylic acids is 3. The first-order chi connectivity index (χ1) is 13.7. The molecule has 2 aliphatic rings. The highest BCUT2D eigenvalue weighted by Crippen LogP contribution is 2.53. The molecule has 2 aromatic rings. The van der Waals surface area contributed by atoms with E-state index in [1.165, 1.54) is 6.07 Å². The van der Waals surface area contributed by atoms with Crippen molar-refractivity contribution < 1.29 is 24.6 Å². The van der Waals surface area contributed by atoms with Crippen LogP contribution in [0, 0.1) is 11.3 Å². The van der Waals surface area contributed by atoms with E-state index < -0.39 is 22.9 Å². The standard InChI is InChI=1S/C23H19BrO5/c1-11-7-16-20(27)13-5-3-4-6-14(13)21(28)23(16,10-12(11)2)22(29)15-8-18(25)19(26)9-17(15)24/h3-6,8-9,16,25-26H,7,10H2,1-2H3/t16-,23+/m0/s1. The Kier molecular flexibility index (Phi) is 4.50. The Morgan fingerprint density at radius 3 is 2.34 bits per heavy atom. The predicted octanol–water partition coefficient (Wildman–Crippen LogP) is 4.86. The van der Waals surface area contributed by atoms with Gasteiger partial charge in [-0.1, -0.05) is 35.4 Å². The number of carbonyl (C=O) groups is 3. The number of aromatic hydroxyl groups is 2. The fourth-order valence-corrected chi connectivity index (χ4v) is 5.04. The molecule has 2 aromatic carbocycles. The first-order valence-corrected chi connectivity index (χ1v) is 10.1. The molecule has 4 rings (SSSR count). The van der Waals surface area contributed by atoms with E-state index in [9.17, 15) is 24.6 Å². The van der Waals surface area contributed by atoms with E-state index in [1.807, 2.05) is 13.8 Å². The lowest BCUT2D eigenvalue weighted by atomic mass is 9.53. The summed E-state index contributed by atoms with van der Waals surface area (Å²) in [6, 6.07) is 8.98. The van der Waals surface area contributed by atoms with Gasteiger partial charge in [-0.25, -0.2) is 0 Å². The molecule has 0 fully saturated rings. The van der Waals surface area contributed by atoms with Crippen molar-refractivity contribution >= 4 is 33.3 Å². The van der Waals surface area contributed by atoms with Gasteiger partial charge in [-0.2, -0.15) is 0 Å². The van der Waals surface area contributed by atoms with Gasteiger partial charge in [0.15, 0.2) is 28.8 Å². The van der Waals surface area contributed by atoms with Crippen LogP contribution in [0.5, 0.6) is 11.5 Å². The predicted molar refractivity (Wildman–Crippen MR) is 110 cm³/mol. The van der Waals surface area contributed by atoms with Gasteiger partial charge >= 0.3 is 0 Å². The highest BCUT2D eigenvalue weighted by Gasteiger charge is 2.59. The Bertz CT molecular complexity index is 1130. The fourth-order valence-electron chi connectivity index (χ4n) is 4.53. The van der Waals surface area contributed by atoms with Crippen LogP contribution >= 0.6 is 15.9 Å². The number of Topliss-reactive ketones (excluding diaryl/α,β-unsaturated/α-hetero) is 3. The number of fused-ring (bicyclic) bond motifs is 2. The molecule has 2 aliphatic carbocycles. The number of phenolic OH excluding ortho intramolecular Hbond substituents is 2. The summed E-state index contributed by atoms with van der Waals surface area (Å²) in [6.45, 7) is 3.80. The second-order valence-electron chi connectivity index (χ2n) is 7.85. The monoisotopic (exact) mass is 454 g/mol. The summed E-state index contributed by atoms with van der Waals surface area (Å²) in [7, 11) is 0. The van der Waals surface area contributed by atoms with Crippen molar-refractivity contribution in [2.24, 2.45) is 11.3 Å². The molecule has 0 aliphatic heterocycles. The number of hydrogen-bond acceptors (Lipinski definition) is 5. The van der Waals surface area contributed by atoms with E-state index >= 15 is 0 Å². The van der Waals surface area contributed by atoms with Crippen molar-refractivity contribution in [3.05, 3.63) is 68.7 Å². The van der Waals surface area contributed by atoms with Gasteiger partial charge in [-0.15, -0.1) is 0 Å². The molecule has 5 nitrogen and oxygen atoms in total. The Morgan fingerprint density at radius 2 is 1.66 bits per heavy atom. The zero-order chi connectivity index (χ0) is 21.1. The molecule has 0 bridgehead atoms. The number of ketones is 3. The van der Waals surface area contributed by atoms with Gasteiger partial charge in [0.25, 0.3) is 0 Å². The van der Waals surface area contributed by atoms with Gasteiger partial charge in [0, 0.05) is 27.1 Å². The Balaban J connectivity index is 1.99. The summed E-state index contributed by atoms with van der Waals surface area (Å²) in [5.74, 6) is -2.74. The third kappa shape index (κ3) is 2.69. The zero-order valence-corrected chi connectivity index (χ0v) is 17.5. The molecule has 0 saturated carbocycles. The SMILES string of the molecule is CC1=C(C)C[C@]2(C(=O)c3cc(O)c(O)cc3Br)C(=O)c3ccccc3C(=O)[C@@H]2C1. The number of hydrogen-bond donors (Lipinski definition) is 2. The summed E-state index contributed by atoms with van der Waals surface area (Å²) in [5, 5.41) is 19.7. The van der Waals surface area contributed by atoms with Gasteiger partial charge in [-0.3, -0.25) is 14.4 Å². The lowest BCUT2D eigenvalue weighted by molar-refractivity contribution is 0.0451. The average Bonchev–Trinajstić information content (AvgIpc) is 2.70. The first kappa shape index (κ1) is 19.6. The summed E-state index contributed by atoms with van der Waals surface area (Å²) in [6.07, 6.45) is 0.480. The lowest BCUT2D eigenvalue weighted by Gasteiger charge is -2.45. The van der Waals surface area contributed by atoms with Crippen molar-refractivity contribution in [3.8, 4) is 11.5 Å². The largest absolute Gasteiger partial charge is 0.504 e. The minimum Gasteiger partial charge on any atom is -0.504 e. The molecule has 0 heterocycles. The first-order valence-electron chi connectivity index (χ1n) is 9.28. The number of rotatable bonds is 2. The molecular formula is C23H19BrO5. The van der Waals surface area contributed by atoms with E-state index in [0.29, 0.717) is 12.0 Å². The van der Waals surface area contributed by atoms with Gasteiger partial charge in [0.05, 0.1) is 0 Å². The molecular weight excluding hydrogens is 436 g/mol. The molecule has 29 heavy (non-hydrogen) atoms. The lowest BCUT2D eigenvalue weighted by Crippen LogP contribution is -2.54. The smallest absolute Gasteiger partial charge is 0.179 e. The number of benzene rings is 2. The van der Waals surface area contributed by atoms with Crippen molar-refractivity contribution in [2.45, 2.75) is 26.7 Å². The molecule has 0 radical (unpaired) electrons. The third-order valence-corrected chi connectivity index (χ3v) is 6.91. The Labute approximate surface area is 176 Å². The molecule has 0 amide bonds. The number of allylic oxidation sites excluding steroid dienone is 2. The van der Waals surface area contributed by atoms with Crippen LogP contribution in [-0.2, 0) is 0 Å². The van der Waals surface area contributed by atoms with E-state index in [-0.39, 0.29) is 39.3 Å². The molecule has 0 aromatic heterocycles. The van der Waals surface area contributed by atoms with E-state index in [4.69, 9.17) is 0 Å². The fraction of sp³-hybridized carbons (Fsp3) is 0.261. The van der Waals surface area contributed by atoms with Crippen LogP contribution in [0.3, 0.4) is 0 Å². The molecule has 0 spiro atoms. The van der Waals surface area contributed by atoms with E-state index in [0.717, 1.165) is 17.2 Å². The van der Waals surface area contributed by atoms with Gasteiger partial charge in [0.2, 0.25) is 0 Å². The van der Waals surface area contributed by atoms with Crippen molar-refractivity contribution in [3.63, 3.8) is 0 Å². The van der Waals surface area contributed by atoms with Gasteiger partial charge in [0.1, 0.15) is 5.41 Å². The highest BCUT2D eigenvalue weighted by molar-refractivity contribution is 9.10. The second-order valence-corrected chi connectivity index (χ2v) is 8.71. The van der Waals surface area contributed by atoms with Crippen LogP contribution < -0.4 is 0 Å². The summed E-state index contributed by atoms with van der Waals surface area (Å²) >= 11 is 3.26. The minimum absolute atomic E-state index is 0.0678. The maximum atomic E-state index is 13.8. The Morgan fingerprint density at radius 1 is 1.03 bits per heavy atom. The van der Waals surface area contributed by atoms with E-state index in [1.54, 1.807) is 24.3 Å². The van der Waals surface area contributed by atoms with Crippen LogP contribution in [0.15, 0.2) is 52.0 Å². The summed E-state index contributed by atoms with van der Waals surface area (Å²) in [5.41, 5.74) is 1.03. The van der Waals surface area contributed by atoms with Crippen molar-refractivity contribution in [1.29, 1.82) is 0 Å². The summed E-state index contributed by atoms with van der Waals surface area (Å²) in [4.78, 5) is 40.9. The Hall–Kier alpha value is -2.73. The molecule has 148 valence electrons. The third-order valence-electron chi connectivity index (χ3n) is 6.25. The van der Waals surface area contributed by atoms with Crippen LogP contribution in [0.2, 0.25) is 0 Å². The van der Waals surface area contributed by atoms with Crippen LogP contribution in [0.1, 0.15) is 57.8 Å². The molecule has 2 N–H and O–H groups in total. The molecule has 0 unspecified atom stereocenters. The average molecular weight is 455 g/mol. The zero-order valence-electron chi connectivity index (χ0n) is 16.0. The van der Waals surface area contributed by atoms with E-state index in [2.05, 4.69) is 15.9 Å². The molecule has 2 atom stereocenters. The highest BCUT2D eigenvalue weighted by atomic mass is 79.9. The van der Waals surface area contributed by atoms with Crippen LogP contribution in [-0.4, -0.2) is 27.6 Å². The van der Waals surface area contributed by atoms with Crippen molar-refractivity contribution in [2.75, 3.05) is 0 Å². The molecule has 6 heteroatoms. The topological polar surface area (TPSA) is 91.7 Å². The van der Waals surface area contributed by atoms with Crippen molar-refractivity contribution in [1.82, 2.24) is 0 Å². The second kappa shape index (κ2) is 6.66. The quantitative estimate of drug-likeness (QED) is 0.292. The minimum atomic E-state index is -1.57. The number of phenols is 2. The summed E-state index contributed by atoms with van der Waals surface area (Å²) < 4.78 is 0.258. The molecule has 0 saturated heterocycles.